The highest BCUT2D eigenvalue weighted by atomic mass is 35.5. The number of nitrogens with zero attached hydrogens (tertiary/aromatic N) is 1. The Balaban J connectivity index is 1.94. The van der Waals surface area contributed by atoms with Gasteiger partial charge in [0.2, 0.25) is 0 Å². The van der Waals surface area contributed by atoms with E-state index in [2.05, 4.69) is 6.58 Å². The highest BCUT2D eigenvalue weighted by molar-refractivity contribution is 6.58. The van der Waals surface area contributed by atoms with E-state index in [1.807, 2.05) is 0 Å². The van der Waals surface area contributed by atoms with Crippen LogP contribution in [0.1, 0.15) is 17.9 Å². The van der Waals surface area contributed by atoms with E-state index in [9.17, 15) is 19.1 Å². The second-order valence-electron chi connectivity index (χ2n) is 7.41. The molecule has 8 heteroatoms. The van der Waals surface area contributed by atoms with Crippen molar-refractivity contribution < 1.29 is 23.8 Å². The minimum absolute atomic E-state index is 0.0249. The summed E-state index contributed by atoms with van der Waals surface area (Å²) in [5.41, 5.74) is 0.962. The lowest BCUT2D eigenvalue weighted by Gasteiger charge is -2.42. The molecule has 160 valence electrons. The number of alkyl halides is 2. The van der Waals surface area contributed by atoms with Gasteiger partial charge >= 0.3 is 0 Å². The van der Waals surface area contributed by atoms with E-state index in [-0.39, 0.29) is 23.4 Å². The van der Waals surface area contributed by atoms with Gasteiger partial charge in [-0.1, -0.05) is 18.7 Å². The normalized spacial score (nSPS) is 27.7. The van der Waals surface area contributed by atoms with Crippen molar-refractivity contribution in [1.29, 1.82) is 0 Å². The second-order valence-corrected chi connectivity index (χ2v) is 8.65. The van der Waals surface area contributed by atoms with Gasteiger partial charge in [0.15, 0.2) is 9.75 Å². The summed E-state index contributed by atoms with van der Waals surface area (Å²) in [5, 5.41) is 10.6. The topological polar surface area (TPSA) is 66.8 Å². The standard InChI is InChI=1S/C23H18Cl2FNO4/c1-3-13-10-11-22(24)20(29)27(15-6-4-14(26)5-7-15)21(30)23(22,25)19(13)17-12-16(31-2)8-9-18(17)28/h3-10,12,19,28H,1,11H2,2H3. The maximum Gasteiger partial charge on any atom is 0.258 e. The first-order valence-corrected chi connectivity index (χ1v) is 10.2. The van der Waals surface area contributed by atoms with Crippen LogP contribution < -0.4 is 9.64 Å². The third-order valence-corrected chi connectivity index (χ3v) is 7.26. The van der Waals surface area contributed by atoms with Crippen molar-refractivity contribution in [2.75, 3.05) is 12.0 Å². The molecule has 2 aromatic carbocycles. The van der Waals surface area contributed by atoms with Crippen LogP contribution in [0.3, 0.4) is 0 Å². The van der Waals surface area contributed by atoms with Crippen LogP contribution in [-0.4, -0.2) is 33.8 Å². The van der Waals surface area contributed by atoms with Crippen molar-refractivity contribution in [1.82, 2.24) is 0 Å². The number of phenolic OH excluding ortho intramolecular Hbond substituents is 1. The molecule has 0 bridgehead atoms. The molecular formula is C23H18Cl2FNO4. The summed E-state index contributed by atoms with van der Waals surface area (Å²) < 4.78 is 18.7. The number of hydrogen-bond donors (Lipinski definition) is 1. The first-order valence-electron chi connectivity index (χ1n) is 9.40. The van der Waals surface area contributed by atoms with Crippen molar-refractivity contribution in [3.05, 3.63) is 78.1 Å². The molecule has 0 spiro atoms. The third-order valence-electron chi connectivity index (χ3n) is 5.85. The van der Waals surface area contributed by atoms with E-state index in [4.69, 9.17) is 27.9 Å². The lowest BCUT2D eigenvalue weighted by atomic mass is 9.68. The fourth-order valence-electron chi connectivity index (χ4n) is 4.26. The molecule has 1 heterocycles. The number of amides is 2. The number of aromatic hydroxyl groups is 1. The molecule has 2 amide bonds. The maximum atomic E-state index is 13.7. The lowest BCUT2D eigenvalue weighted by Crippen LogP contribution is -2.54. The van der Waals surface area contributed by atoms with Gasteiger partial charge in [-0.2, -0.15) is 0 Å². The minimum Gasteiger partial charge on any atom is -0.508 e. The summed E-state index contributed by atoms with van der Waals surface area (Å²) in [6.07, 6.45) is 3.18. The predicted molar refractivity (Wildman–Crippen MR) is 116 cm³/mol. The Labute approximate surface area is 188 Å². The van der Waals surface area contributed by atoms with E-state index in [1.54, 1.807) is 18.2 Å². The SMILES string of the molecule is C=CC1=CCC2(Cl)C(=O)N(c3ccc(F)cc3)C(=O)C2(Cl)C1c1cc(OC)ccc1O. The number of hydrogen-bond acceptors (Lipinski definition) is 4. The molecule has 1 aliphatic heterocycles. The first-order chi connectivity index (χ1) is 14.7. The molecule has 2 aliphatic rings. The largest absolute Gasteiger partial charge is 0.508 e. The van der Waals surface area contributed by atoms with Gasteiger partial charge in [-0.25, -0.2) is 9.29 Å². The Morgan fingerprint density at radius 3 is 2.48 bits per heavy atom. The predicted octanol–water partition coefficient (Wildman–Crippen LogP) is 4.67. The zero-order chi connectivity index (χ0) is 22.6. The molecule has 0 aromatic heterocycles. The quantitative estimate of drug-likeness (QED) is 0.530. The minimum atomic E-state index is -1.97. The Kier molecular flexibility index (Phi) is 5.10. The second kappa shape index (κ2) is 7.39. The lowest BCUT2D eigenvalue weighted by molar-refractivity contribution is -0.122. The first kappa shape index (κ1) is 21.4. The maximum absolute atomic E-state index is 13.7. The van der Waals surface area contributed by atoms with Crippen LogP contribution in [0.2, 0.25) is 0 Å². The van der Waals surface area contributed by atoms with E-state index >= 15 is 0 Å². The number of halogens is 3. The number of ether oxygens (including phenoxy) is 1. The van der Waals surface area contributed by atoms with Crippen molar-refractivity contribution in [2.24, 2.45) is 0 Å². The number of phenols is 1. The van der Waals surface area contributed by atoms with E-state index in [0.29, 0.717) is 11.3 Å². The summed E-state index contributed by atoms with van der Waals surface area (Å²) in [7, 11) is 1.46. The van der Waals surface area contributed by atoms with Gasteiger partial charge in [0, 0.05) is 11.5 Å². The van der Waals surface area contributed by atoms with E-state index in [1.165, 1.54) is 31.4 Å². The van der Waals surface area contributed by atoms with Crippen LogP contribution in [0, 0.1) is 5.82 Å². The number of imide groups is 1. The number of methoxy groups -OCH3 is 1. The van der Waals surface area contributed by atoms with E-state index in [0.717, 1.165) is 17.0 Å². The van der Waals surface area contributed by atoms with Crippen LogP contribution in [0.4, 0.5) is 10.1 Å². The molecule has 3 unspecified atom stereocenters. The third kappa shape index (κ3) is 2.89. The molecule has 0 saturated carbocycles. The summed E-state index contributed by atoms with van der Waals surface area (Å²) in [6.45, 7) is 3.80. The van der Waals surface area contributed by atoms with Crippen LogP contribution in [0.5, 0.6) is 11.5 Å². The summed E-state index contributed by atoms with van der Waals surface area (Å²) >= 11 is 13.8. The van der Waals surface area contributed by atoms with Gasteiger partial charge in [0.1, 0.15) is 17.3 Å². The Morgan fingerprint density at radius 2 is 1.87 bits per heavy atom. The monoisotopic (exact) mass is 461 g/mol. The Hall–Kier alpha value is -2.83. The van der Waals surface area contributed by atoms with Crippen LogP contribution in [-0.2, 0) is 9.59 Å². The molecule has 1 N–H and O–H groups in total. The van der Waals surface area contributed by atoms with Gasteiger partial charge in [-0.05, 0) is 54.5 Å². The zero-order valence-electron chi connectivity index (χ0n) is 16.4. The number of fused-ring (bicyclic) bond motifs is 1. The Bertz CT molecular complexity index is 1130. The molecule has 1 saturated heterocycles. The molecule has 31 heavy (non-hydrogen) atoms. The average Bonchev–Trinajstić information content (AvgIpc) is 2.92. The highest BCUT2D eigenvalue weighted by Crippen LogP contribution is 2.60. The number of allylic oxidation sites excluding steroid dienone is 3. The Morgan fingerprint density at radius 1 is 1.19 bits per heavy atom. The fraction of sp³-hybridized carbons (Fsp3) is 0.217. The van der Waals surface area contributed by atoms with Crippen molar-refractivity contribution in [3.63, 3.8) is 0 Å². The number of carbonyl (C=O) groups is 2. The number of anilines is 1. The molecule has 0 radical (unpaired) electrons. The van der Waals surface area contributed by atoms with Gasteiger partial charge < -0.3 is 9.84 Å². The van der Waals surface area contributed by atoms with E-state index < -0.39 is 33.3 Å². The zero-order valence-corrected chi connectivity index (χ0v) is 18.0. The molecule has 4 rings (SSSR count). The van der Waals surface area contributed by atoms with Gasteiger partial charge in [0.05, 0.1) is 12.8 Å². The molecule has 1 fully saturated rings. The molecule has 1 aliphatic carbocycles. The molecular weight excluding hydrogens is 444 g/mol. The van der Waals surface area contributed by atoms with Crippen molar-refractivity contribution in [3.8, 4) is 11.5 Å². The van der Waals surface area contributed by atoms with Gasteiger partial charge in [0.25, 0.3) is 11.8 Å². The highest BCUT2D eigenvalue weighted by Gasteiger charge is 2.73. The van der Waals surface area contributed by atoms with Crippen molar-refractivity contribution in [2.45, 2.75) is 22.1 Å². The van der Waals surface area contributed by atoms with Crippen molar-refractivity contribution >= 4 is 40.7 Å². The fourth-order valence-corrected chi connectivity index (χ4v) is 5.10. The number of benzene rings is 2. The van der Waals surface area contributed by atoms with Crippen LogP contribution in [0.25, 0.3) is 0 Å². The average molecular weight is 462 g/mol. The number of rotatable bonds is 4. The summed E-state index contributed by atoms with van der Waals surface area (Å²) in [5.74, 6) is -2.70. The summed E-state index contributed by atoms with van der Waals surface area (Å²) in [6, 6.07) is 9.41. The van der Waals surface area contributed by atoms with Crippen LogP contribution in [0.15, 0.2) is 66.8 Å². The molecule has 5 nitrogen and oxygen atoms in total. The summed E-state index contributed by atoms with van der Waals surface area (Å²) in [4.78, 5) is 24.2. The molecule has 3 atom stereocenters. The van der Waals surface area contributed by atoms with Gasteiger partial charge in [-0.15, -0.1) is 23.2 Å². The number of carbonyl (C=O) groups excluding carboxylic acids is 2. The smallest absolute Gasteiger partial charge is 0.258 e. The van der Waals surface area contributed by atoms with Gasteiger partial charge in [-0.3, -0.25) is 9.59 Å². The molecule has 2 aromatic rings. The van der Waals surface area contributed by atoms with Crippen LogP contribution >= 0.6 is 23.2 Å².